The third-order valence-corrected chi connectivity index (χ3v) is 4.86. The van der Waals surface area contributed by atoms with Gasteiger partial charge in [0.05, 0.1) is 11.3 Å². The van der Waals surface area contributed by atoms with E-state index in [0.717, 1.165) is 10.6 Å². The van der Waals surface area contributed by atoms with Gasteiger partial charge >= 0.3 is 0 Å². The van der Waals surface area contributed by atoms with Crippen molar-refractivity contribution < 1.29 is 9.72 Å². The minimum Gasteiger partial charge on any atom is -0.322 e. The van der Waals surface area contributed by atoms with Crippen LogP contribution in [-0.2, 0) is 0 Å². The molecule has 0 atom stereocenters. The Hall–Kier alpha value is -3.85. The Labute approximate surface area is 163 Å². The fourth-order valence-corrected chi connectivity index (χ4v) is 3.34. The van der Waals surface area contributed by atoms with Crippen molar-refractivity contribution in [1.29, 1.82) is 0 Å². The van der Waals surface area contributed by atoms with Crippen molar-refractivity contribution in [2.24, 2.45) is 0 Å². The fourth-order valence-electron chi connectivity index (χ4n) is 2.70. The summed E-state index contributed by atoms with van der Waals surface area (Å²) >= 11 is 1.53. The monoisotopic (exact) mass is 391 g/mol. The number of nitro benzene ring substituents is 1. The predicted molar refractivity (Wildman–Crippen MR) is 106 cm³/mol. The number of rotatable bonds is 5. The van der Waals surface area contributed by atoms with Gasteiger partial charge < -0.3 is 9.88 Å². The van der Waals surface area contributed by atoms with Gasteiger partial charge in [-0.1, -0.05) is 0 Å². The number of imidazole rings is 1. The number of thiazole rings is 1. The minimum atomic E-state index is -0.519. The first-order valence-electron chi connectivity index (χ1n) is 8.20. The second-order valence-corrected chi connectivity index (χ2v) is 6.69. The molecule has 9 heteroatoms. The van der Waals surface area contributed by atoms with Crippen LogP contribution in [0.15, 0.2) is 72.8 Å². The Kier molecular flexibility index (Phi) is 4.65. The zero-order valence-corrected chi connectivity index (χ0v) is 15.2. The Bertz CT molecular complexity index is 1120. The summed E-state index contributed by atoms with van der Waals surface area (Å²) in [6.45, 7) is 0. The van der Waals surface area contributed by atoms with E-state index in [2.05, 4.69) is 15.3 Å². The number of hydrogen-bond donors (Lipinski definition) is 1. The summed E-state index contributed by atoms with van der Waals surface area (Å²) in [6, 6.07) is 11.6. The van der Waals surface area contributed by atoms with E-state index < -0.39 is 10.8 Å². The molecule has 0 saturated heterocycles. The Morgan fingerprint density at radius 1 is 1.14 bits per heavy atom. The Morgan fingerprint density at radius 3 is 2.61 bits per heavy atom. The van der Waals surface area contributed by atoms with E-state index in [1.54, 1.807) is 30.6 Å². The van der Waals surface area contributed by atoms with Crippen molar-refractivity contribution in [2.75, 3.05) is 5.32 Å². The predicted octanol–water partition coefficient (Wildman–Crippen LogP) is 4.16. The van der Waals surface area contributed by atoms with Crippen molar-refractivity contribution in [1.82, 2.24) is 14.5 Å². The van der Waals surface area contributed by atoms with Crippen LogP contribution in [0.3, 0.4) is 0 Å². The molecule has 0 spiro atoms. The number of anilines is 1. The lowest BCUT2D eigenvalue weighted by Gasteiger charge is -2.08. The second-order valence-electron chi connectivity index (χ2n) is 5.80. The Morgan fingerprint density at radius 2 is 1.96 bits per heavy atom. The van der Waals surface area contributed by atoms with Crippen molar-refractivity contribution in [2.45, 2.75) is 0 Å². The summed E-state index contributed by atoms with van der Waals surface area (Å²) in [6.07, 6.45) is 6.33. The van der Waals surface area contributed by atoms with Crippen LogP contribution >= 0.6 is 11.3 Å². The molecule has 28 heavy (non-hydrogen) atoms. The first kappa shape index (κ1) is 17.6. The highest BCUT2D eigenvalue weighted by atomic mass is 32.1. The molecule has 0 radical (unpaired) electrons. The summed E-state index contributed by atoms with van der Waals surface area (Å²) in [5.41, 5.74) is 1.90. The van der Waals surface area contributed by atoms with Gasteiger partial charge in [-0.15, -0.1) is 11.3 Å². The van der Waals surface area contributed by atoms with Gasteiger partial charge in [0.2, 0.25) is 0 Å². The van der Waals surface area contributed by atoms with E-state index in [4.69, 9.17) is 0 Å². The van der Waals surface area contributed by atoms with E-state index in [1.807, 2.05) is 17.5 Å². The topological polar surface area (TPSA) is 103 Å². The van der Waals surface area contributed by atoms with Gasteiger partial charge in [-0.2, -0.15) is 0 Å². The van der Waals surface area contributed by atoms with Crippen LogP contribution in [0.4, 0.5) is 11.4 Å². The summed E-state index contributed by atoms with van der Waals surface area (Å²) in [5, 5.41) is 17.0. The van der Waals surface area contributed by atoms with Gasteiger partial charge in [0.15, 0.2) is 0 Å². The van der Waals surface area contributed by atoms with E-state index in [9.17, 15) is 14.9 Å². The van der Waals surface area contributed by atoms with Crippen LogP contribution in [-0.4, -0.2) is 25.4 Å². The van der Waals surface area contributed by atoms with Gasteiger partial charge in [0.1, 0.15) is 10.7 Å². The molecule has 1 N–H and O–H groups in total. The summed E-state index contributed by atoms with van der Waals surface area (Å²) in [4.78, 5) is 31.6. The maximum absolute atomic E-state index is 12.5. The molecule has 0 fully saturated rings. The molecule has 0 unspecified atom stereocenters. The average molecular weight is 391 g/mol. The van der Waals surface area contributed by atoms with Crippen LogP contribution < -0.4 is 5.32 Å². The van der Waals surface area contributed by atoms with Crippen molar-refractivity contribution in [3.63, 3.8) is 0 Å². The molecule has 2 aromatic carbocycles. The van der Waals surface area contributed by atoms with E-state index in [0.29, 0.717) is 11.4 Å². The van der Waals surface area contributed by atoms with Crippen LogP contribution in [0.25, 0.3) is 16.3 Å². The normalized spacial score (nSPS) is 10.6. The van der Waals surface area contributed by atoms with Crippen LogP contribution in [0.1, 0.15) is 10.4 Å². The van der Waals surface area contributed by atoms with Gasteiger partial charge in [0, 0.05) is 46.9 Å². The molecule has 4 rings (SSSR count). The van der Waals surface area contributed by atoms with Gasteiger partial charge in [0.25, 0.3) is 11.6 Å². The molecule has 0 bridgehead atoms. The van der Waals surface area contributed by atoms with Crippen molar-refractivity contribution in [3.8, 4) is 16.3 Å². The molecule has 1 amide bonds. The largest absolute Gasteiger partial charge is 0.322 e. The van der Waals surface area contributed by atoms with Crippen LogP contribution in [0, 0.1) is 10.1 Å². The second kappa shape index (κ2) is 7.41. The number of hydrogen-bond acceptors (Lipinski definition) is 6. The van der Waals surface area contributed by atoms with E-state index in [-0.39, 0.29) is 11.3 Å². The maximum atomic E-state index is 12.5. The third-order valence-electron chi connectivity index (χ3n) is 4.04. The minimum absolute atomic E-state index is 0.176. The maximum Gasteiger partial charge on any atom is 0.294 e. The number of carbonyl (C=O) groups excluding carboxylic acids is 1. The van der Waals surface area contributed by atoms with Gasteiger partial charge in [-0.05, 0) is 36.4 Å². The molecular formula is C19H13N5O3S. The molecule has 2 aromatic heterocycles. The molecule has 0 aliphatic carbocycles. The lowest BCUT2D eigenvalue weighted by molar-refractivity contribution is -0.384. The zero-order chi connectivity index (χ0) is 19.5. The number of carbonyl (C=O) groups is 1. The molecule has 0 saturated carbocycles. The number of nitro groups is 1. The first-order chi connectivity index (χ1) is 13.6. The highest BCUT2D eigenvalue weighted by molar-refractivity contribution is 7.13. The molecule has 0 aliphatic rings. The van der Waals surface area contributed by atoms with Crippen molar-refractivity contribution >= 4 is 28.6 Å². The number of nitrogens with zero attached hydrogens (tertiary/aromatic N) is 4. The first-order valence-corrected chi connectivity index (χ1v) is 9.08. The van der Waals surface area contributed by atoms with E-state index >= 15 is 0 Å². The molecule has 8 nitrogen and oxygen atoms in total. The summed E-state index contributed by atoms with van der Waals surface area (Å²) < 4.78 is 1.52. The fraction of sp³-hybridized carbons (Fsp3) is 0. The lowest BCUT2D eigenvalue weighted by atomic mass is 10.1. The summed E-state index contributed by atoms with van der Waals surface area (Å²) in [5.74, 6) is -0.428. The standard InChI is InChI=1S/C19H13N5O3S/c25-18(22-15-4-1-13(2-5-15)19-21-8-10-28-19)14-3-6-16(17(11-14)24(26)27)23-9-7-20-12-23/h1-12H,(H,22,25). The highest BCUT2D eigenvalue weighted by Crippen LogP contribution is 2.26. The lowest BCUT2D eigenvalue weighted by Crippen LogP contribution is -2.12. The molecule has 2 heterocycles. The smallest absolute Gasteiger partial charge is 0.294 e. The van der Waals surface area contributed by atoms with Gasteiger partial charge in [-0.3, -0.25) is 14.9 Å². The van der Waals surface area contributed by atoms with Crippen molar-refractivity contribution in [3.05, 3.63) is 88.4 Å². The van der Waals surface area contributed by atoms with Crippen LogP contribution in [0.5, 0.6) is 0 Å². The number of nitrogens with one attached hydrogen (secondary N) is 1. The average Bonchev–Trinajstić information content (AvgIpc) is 3.42. The number of aromatic nitrogens is 3. The van der Waals surface area contributed by atoms with Crippen LogP contribution in [0.2, 0.25) is 0 Å². The SMILES string of the molecule is O=C(Nc1ccc(-c2nccs2)cc1)c1ccc(-n2ccnc2)c([N+](=O)[O-])c1. The Balaban J connectivity index is 1.56. The van der Waals surface area contributed by atoms with E-state index in [1.165, 1.54) is 40.6 Å². The third kappa shape index (κ3) is 3.51. The van der Waals surface area contributed by atoms with Gasteiger partial charge in [-0.25, -0.2) is 9.97 Å². The number of benzene rings is 2. The number of amides is 1. The molecule has 4 aromatic rings. The highest BCUT2D eigenvalue weighted by Gasteiger charge is 2.19. The summed E-state index contributed by atoms with van der Waals surface area (Å²) in [7, 11) is 0. The zero-order valence-electron chi connectivity index (χ0n) is 14.4. The molecule has 138 valence electrons. The molecular weight excluding hydrogens is 378 g/mol. The molecule has 0 aliphatic heterocycles. The quantitative estimate of drug-likeness (QED) is 0.406.